The lowest BCUT2D eigenvalue weighted by Gasteiger charge is -2.41. The minimum Gasteiger partial charge on any atom is -0.442 e. The highest BCUT2D eigenvalue weighted by Gasteiger charge is 2.49. The maximum absolute atomic E-state index is 7.28. The van der Waals surface area contributed by atoms with Crippen LogP contribution >= 0.6 is 0 Å². The number of epoxide rings is 2. The van der Waals surface area contributed by atoms with Gasteiger partial charge in [-0.05, 0) is 122 Å². The van der Waals surface area contributed by atoms with Crippen LogP contribution in [0, 0.1) is 11.8 Å². The summed E-state index contributed by atoms with van der Waals surface area (Å²) < 4.78 is 51.4. The molecule has 0 N–H and O–H groups in total. The molecule has 2 saturated heterocycles. The van der Waals surface area contributed by atoms with E-state index in [9.17, 15) is 0 Å². The first kappa shape index (κ1) is 37.6. The number of rotatable bonds is 23. The Kier molecular flexibility index (Phi) is 14.5. The summed E-state index contributed by atoms with van der Waals surface area (Å²) in [6.07, 6.45) is 15.2. The van der Waals surface area contributed by atoms with Crippen LogP contribution in [0.4, 0.5) is 0 Å². The Hall–Kier alpha value is 0.764. The molecule has 0 aromatic heterocycles. The standard InChI is InChI=1S/C31H66O8Si5/c1-9-32-44(33-10-2,34-11-3)23-22-43(8,38-41(4,5)21-13-15-27-17-19-29-31(25-27)36-29)39-42(6,7)37-40-20-12-14-26-16-18-28-30(24-26)35-28/h26-31H,9-25,40H2,1-8H3. The van der Waals surface area contributed by atoms with E-state index in [1.54, 1.807) is 0 Å². The van der Waals surface area contributed by atoms with Gasteiger partial charge in [-0.3, -0.25) is 0 Å². The van der Waals surface area contributed by atoms with Crippen molar-refractivity contribution in [3.05, 3.63) is 0 Å². The Morgan fingerprint density at radius 1 is 0.636 bits per heavy atom. The van der Waals surface area contributed by atoms with Crippen molar-refractivity contribution in [3.8, 4) is 0 Å². The summed E-state index contributed by atoms with van der Waals surface area (Å²) in [6.45, 7) is 19.4. The van der Waals surface area contributed by atoms with Gasteiger partial charge >= 0.3 is 25.9 Å². The molecule has 0 aromatic rings. The number of fused-ring (bicyclic) bond motifs is 2. The summed E-state index contributed by atoms with van der Waals surface area (Å²) in [7, 11) is -10.4. The van der Waals surface area contributed by atoms with E-state index in [0.29, 0.717) is 44.2 Å². The van der Waals surface area contributed by atoms with Crippen molar-refractivity contribution in [2.75, 3.05) is 19.8 Å². The van der Waals surface area contributed by atoms with E-state index in [2.05, 4.69) is 32.7 Å². The van der Waals surface area contributed by atoms with Crippen molar-refractivity contribution in [1.82, 2.24) is 0 Å². The molecule has 0 radical (unpaired) electrons. The van der Waals surface area contributed by atoms with Gasteiger partial charge in [-0.2, -0.15) is 0 Å². The zero-order chi connectivity index (χ0) is 31.8. The largest absolute Gasteiger partial charge is 0.500 e. The molecule has 2 saturated carbocycles. The van der Waals surface area contributed by atoms with Gasteiger partial charge in [-0.15, -0.1) is 0 Å². The smallest absolute Gasteiger partial charge is 0.442 e. The van der Waals surface area contributed by atoms with Crippen molar-refractivity contribution < 1.29 is 35.1 Å². The molecule has 4 fully saturated rings. The first-order valence-electron chi connectivity index (χ1n) is 18.2. The zero-order valence-corrected chi connectivity index (χ0v) is 34.9. The molecular weight excluding hydrogens is 641 g/mol. The third-order valence-electron chi connectivity index (χ3n) is 10.0. The fourth-order valence-electron chi connectivity index (χ4n) is 7.86. The Balaban J connectivity index is 1.31. The minimum absolute atomic E-state index is 0.563. The molecule has 0 aromatic carbocycles. The van der Waals surface area contributed by atoms with Crippen LogP contribution in [0.2, 0.25) is 56.9 Å². The van der Waals surface area contributed by atoms with Crippen LogP contribution in [-0.2, 0) is 35.1 Å². The highest BCUT2D eigenvalue weighted by atomic mass is 28.5. The number of hydrogen-bond donors (Lipinski definition) is 0. The fourth-order valence-corrected chi connectivity index (χ4v) is 28.4. The molecule has 7 unspecified atom stereocenters. The van der Waals surface area contributed by atoms with Gasteiger partial charge in [-0.1, -0.05) is 25.7 Å². The van der Waals surface area contributed by atoms with Crippen LogP contribution in [0.1, 0.15) is 85.0 Å². The van der Waals surface area contributed by atoms with Gasteiger partial charge in [0, 0.05) is 25.9 Å². The second kappa shape index (κ2) is 16.9. The fraction of sp³-hybridized carbons (Fsp3) is 1.00. The average molecular weight is 707 g/mol. The molecule has 4 rings (SSSR count). The van der Waals surface area contributed by atoms with Gasteiger partial charge in [0.1, 0.15) is 9.76 Å². The first-order chi connectivity index (χ1) is 20.9. The lowest BCUT2D eigenvalue weighted by molar-refractivity contribution is 0.0719. The Bertz CT molecular complexity index is 852. The van der Waals surface area contributed by atoms with Crippen LogP contribution in [0.5, 0.6) is 0 Å². The maximum Gasteiger partial charge on any atom is 0.500 e. The molecule has 2 aliphatic carbocycles. The van der Waals surface area contributed by atoms with Crippen LogP contribution in [0.25, 0.3) is 0 Å². The van der Waals surface area contributed by atoms with Crippen molar-refractivity contribution in [2.45, 2.75) is 166 Å². The Labute approximate surface area is 276 Å². The molecule has 2 heterocycles. The monoisotopic (exact) mass is 706 g/mol. The van der Waals surface area contributed by atoms with E-state index >= 15 is 0 Å². The first-order valence-corrected chi connectivity index (χ1v) is 30.1. The maximum atomic E-state index is 7.28. The average Bonchev–Trinajstić information content (AvgIpc) is 3.86. The van der Waals surface area contributed by atoms with Gasteiger partial charge in [-0.25, -0.2) is 0 Å². The second-order valence-corrected chi connectivity index (χ2v) is 31.2. The summed E-state index contributed by atoms with van der Waals surface area (Å²) in [6, 6.07) is 3.94. The van der Waals surface area contributed by atoms with Crippen molar-refractivity contribution in [1.29, 1.82) is 0 Å². The Morgan fingerprint density at radius 2 is 1.18 bits per heavy atom. The van der Waals surface area contributed by atoms with Gasteiger partial charge in [0.25, 0.3) is 0 Å². The normalized spacial score (nSPS) is 30.3. The molecule has 44 heavy (non-hydrogen) atoms. The molecule has 2 aliphatic heterocycles. The van der Waals surface area contributed by atoms with E-state index in [1.807, 2.05) is 20.8 Å². The predicted molar refractivity (Wildman–Crippen MR) is 189 cm³/mol. The van der Waals surface area contributed by atoms with Gasteiger partial charge in [0.2, 0.25) is 0 Å². The van der Waals surface area contributed by atoms with E-state index in [1.165, 1.54) is 76.3 Å². The van der Waals surface area contributed by atoms with Crippen LogP contribution in [0.3, 0.4) is 0 Å². The highest BCUT2D eigenvalue weighted by molar-refractivity contribution is 6.88. The second-order valence-electron chi connectivity index (χ2n) is 15.0. The van der Waals surface area contributed by atoms with E-state index in [4.69, 9.17) is 35.1 Å². The summed E-state index contributed by atoms with van der Waals surface area (Å²) in [5, 5.41) is 0. The molecule has 13 heteroatoms. The van der Waals surface area contributed by atoms with E-state index in [-0.39, 0.29) is 0 Å². The molecule has 258 valence electrons. The highest BCUT2D eigenvalue weighted by Crippen LogP contribution is 2.42. The summed E-state index contributed by atoms with van der Waals surface area (Å²) >= 11 is 0. The molecular formula is C31H66O8Si5. The van der Waals surface area contributed by atoms with Gasteiger partial charge in [0.15, 0.2) is 8.32 Å². The zero-order valence-electron chi connectivity index (χ0n) is 29.5. The van der Waals surface area contributed by atoms with E-state index < -0.39 is 44.0 Å². The van der Waals surface area contributed by atoms with E-state index in [0.717, 1.165) is 23.9 Å². The Morgan fingerprint density at radius 3 is 1.70 bits per heavy atom. The summed E-state index contributed by atoms with van der Waals surface area (Å²) in [4.78, 5) is 0. The van der Waals surface area contributed by atoms with Crippen molar-refractivity contribution >= 4 is 44.0 Å². The van der Waals surface area contributed by atoms with Gasteiger partial charge < -0.3 is 35.1 Å². The third-order valence-corrected chi connectivity index (χ3v) is 28.3. The molecule has 4 aliphatic rings. The lowest BCUT2D eigenvalue weighted by Crippen LogP contribution is -2.57. The molecule has 0 bridgehead atoms. The van der Waals surface area contributed by atoms with Crippen LogP contribution in [-0.4, -0.2) is 88.2 Å². The molecule has 7 atom stereocenters. The summed E-state index contributed by atoms with van der Waals surface area (Å²) in [5.41, 5.74) is 0. The third kappa shape index (κ3) is 12.3. The summed E-state index contributed by atoms with van der Waals surface area (Å²) in [5.74, 6) is 1.67. The molecule has 0 spiro atoms. The number of hydrogen-bond acceptors (Lipinski definition) is 8. The molecule has 8 nitrogen and oxygen atoms in total. The van der Waals surface area contributed by atoms with Gasteiger partial charge in [0.05, 0.1) is 24.4 Å². The minimum atomic E-state index is -2.81. The van der Waals surface area contributed by atoms with Crippen molar-refractivity contribution in [3.63, 3.8) is 0 Å². The van der Waals surface area contributed by atoms with Crippen LogP contribution < -0.4 is 0 Å². The number of ether oxygens (including phenoxy) is 2. The SMILES string of the molecule is CCO[Si](CC[Si](C)(O[Si](C)(C)CCCC1CCC2OC2C1)O[Si](C)(C)O[SiH2]CCCC1CCC2OC2C1)(OCC)OCC. The quantitative estimate of drug-likeness (QED) is 0.0624. The van der Waals surface area contributed by atoms with Crippen LogP contribution in [0.15, 0.2) is 0 Å². The lowest BCUT2D eigenvalue weighted by atomic mass is 9.86. The molecule has 0 amide bonds. The van der Waals surface area contributed by atoms with Crippen molar-refractivity contribution in [2.24, 2.45) is 11.8 Å². The topological polar surface area (TPSA) is 80.4 Å². The predicted octanol–water partition coefficient (Wildman–Crippen LogP) is 7.26.